The number of fused-ring (bicyclic) bond motifs is 2. The third-order valence-electron chi connectivity index (χ3n) is 6.08. The van der Waals surface area contributed by atoms with Gasteiger partial charge in [-0.2, -0.15) is 0 Å². The summed E-state index contributed by atoms with van der Waals surface area (Å²) < 4.78 is 11.5. The first-order valence-corrected chi connectivity index (χ1v) is 10.3. The second-order valence-corrected chi connectivity index (χ2v) is 9.76. The highest BCUT2D eigenvalue weighted by atomic mass is 32.2. The summed E-state index contributed by atoms with van der Waals surface area (Å²) in [5, 5.41) is 3.16. The summed E-state index contributed by atoms with van der Waals surface area (Å²) in [6.45, 7) is 6.81. The fourth-order valence-electron chi connectivity index (χ4n) is 4.61. The summed E-state index contributed by atoms with van der Waals surface area (Å²) in [6, 6.07) is 0. The molecule has 3 atom stereocenters. The molecule has 0 aromatic heterocycles. The van der Waals surface area contributed by atoms with Crippen LogP contribution in [0, 0.1) is 17.8 Å². The lowest BCUT2D eigenvalue weighted by Crippen LogP contribution is -2.55. The van der Waals surface area contributed by atoms with E-state index in [-0.39, 0.29) is 11.4 Å². The van der Waals surface area contributed by atoms with Gasteiger partial charge in [-0.25, -0.2) is 0 Å². The predicted molar refractivity (Wildman–Crippen MR) is 90.1 cm³/mol. The summed E-state index contributed by atoms with van der Waals surface area (Å²) in [4.78, 5) is 14.6. The molecule has 4 nitrogen and oxygen atoms in total. The van der Waals surface area contributed by atoms with Crippen LogP contribution in [0.3, 0.4) is 0 Å². The summed E-state index contributed by atoms with van der Waals surface area (Å²) >= 11 is 0. The summed E-state index contributed by atoms with van der Waals surface area (Å²) in [5.41, 5.74) is -0.0467. The Kier molecular flexibility index (Phi) is 4.93. The molecule has 2 saturated carbocycles. The maximum Gasteiger partial charge on any atom is 0.220 e. The Morgan fingerprint density at radius 2 is 1.95 bits per heavy atom. The van der Waals surface area contributed by atoms with Gasteiger partial charge in [-0.05, 0) is 50.9 Å². The molecular weight excluding hydrogens is 296 g/mol. The van der Waals surface area contributed by atoms with E-state index in [0.29, 0.717) is 12.5 Å². The average Bonchev–Trinajstić information content (AvgIpc) is 3.08. The van der Waals surface area contributed by atoms with E-state index in [2.05, 4.69) is 24.1 Å². The molecule has 2 aliphatic carbocycles. The first-order valence-electron chi connectivity index (χ1n) is 8.81. The van der Waals surface area contributed by atoms with Crippen molar-refractivity contribution in [1.82, 2.24) is 10.2 Å². The van der Waals surface area contributed by atoms with Gasteiger partial charge in [-0.3, -0.25) is 13.9 Å². The van der Waals surface area contributed by atoms with Gasteiger partial charge in [-0.15, -0.1) is 0 Å². The largest absolute Gasteiger partial charge is 0.354 e. The first-order chi connectivity index (χ1) is 10.4. The van der Waals surface area contributed by atoms with Crippen LogP contribution in [0.15, 0.2) is 0 Å². The number of amides is 1. The van der Waals surface area contributed by atoms with Crippen molar-refractivity contribution in [3.05, 3.63) is 0 Å². The lowest BCUT2D eigenvalue weighted by atomic mass is 9.86. The molecule has 1 amide bonds. The van der Waals surface area contributed by atoms with E-state index in [1.54, 1.807) is 0 Å². The molecule has 3 rings (SSSR count). The topological polar surface area (TPSA) is 49.4 Å². The molecule has 0 spiro atoms. The Bertz CT molecular complexity index is 442. The minimum absolute atomic E-state index is 0.0467. The fourth-order valence-corrected chi connectivity index (χ4v) is 5.66. The summed E-state index contributed by atoms with van der Waals surface area (Å²) in [7, 11) is -0.642. The maximum atomic E-state index is 12.3. The molecule has 0 aromatic rings. The Labute approximate surface area is 136 Å². The highest BCUT2D eigenvalue weighted by molar-refractivity contribution is 7.85. The van der Waals surface area contributed by atoms with Crippen molar-refractivity contribution in [3.8, 4) is 0 Å². The van der Waals surface area contributed by atoms with Gasteiger partial charge in [0.15, 0.2) is 0 Å². The molecule has 126 valence electrons. The number of carbonyl (C=O) groups is 1. The molecule has 0 aromatic carbocycles. The quantitative estimate of drug-likeness (QED) is 0.838. The molecule has 1 N–H and O–H groups in total. The standard InChI is InChI=1S/C17H30N2O2S/c1-17(2,19-5-7-22(21)8-6-19)12-18-16(20)11-15-10-13-3-4-14(15)9-13/h13-15H,3-12H2,1-2H3,(H,18,20)/t13-,14-,15+/m0/s1. The van der Waals surface area contributed by atoms with Crippen molar-refractivity contribution >= 4 is 16.7 Å². The van der Waals surface area contributed by atoms with Gasteiger partial charge < -0.3 is 5.32 Å². The molecule has 1 saturated heterocycles. The van der Waals surface area contributed by atoms with Crippen LogP contribution in [0.2, 0.25) is 0 Å². The van der Waals surface area contributed by atoms with Gasteiger partial charge >= 0.3 is 0 Å². The number of nitrogens with zero attached hydrogens (tertiary/aromatic N) is 1. The van der Waals surface area contributed by atoms with Crippen LogP contribution in [-0.2, 0) is 15.6 Å². The summed E-state index contributed by atoms with van der Waals surface area (Å²) in [5.74, 6) is 4.13. The van der Waals surface area contributed by atoms with Crippen molar-refractivity contribution < 1.29 is 9.00 Å². The third kappa shape index (κ3) is 3.73. The number of hydrogen-bond donors (Lipinski definition) is 1. The third-order valence-corrected chi connectivity index (χ3v) is 7.36. The van der Waals surface area contributed by atoms with Crippen LogP contribution < -0.4 is 5.32 Å². The molecule has 0 unspecified atom stereocenters. The molecule has 22 heavy (non-hydrogen) atoms. The van der Waals surface area contributed by atoms with E-state index in [0.717, 1.165) is 42.9 Å². The minimum Gasteiger partial charge on any atom is -0.354 e. The van der Waals surface area contributed by atoms with E-state index < -0.39 is 10.8 Å². The number of nitrogens with one attached hydrogen (secondary N) is 1. The monoisotopic (exact) mass is 326 g/mol. The Morgan fingerprint density at radius 3 is 2.55 bits per heavy atom. The van der Waals surface area contributed by atoms with E-state index >= 15 is 0 Å². The highest BCUT2D eigenvalue weighted by Gasteiger charge is 2.40. The minimum atomic E-state index is -0.642. The van der Waals surface area contributed by atoms with Gasteiger partial charge in [-0.1, -0.05) is 6.42 Å². The van der Waals surface area contributed by atoms with Crippen LogP contribution in [0.1, 0.15) is 46.0 Å². The van der Waals surface area contributed by atoms with E-state index in [1.165, 1.54) is 25.7 Å². The lowest BCUT2D eigenvalue weighted by molar-refractivity contribution is -0.123. The van der Waals surface area contributed by atoms with Gasteiger partial charge in [0.05, 0.1) is 0 Å². The zero-order valence-electron chi connectivity index (χ0n) is 14.0. The van der Waals surface area contributed by atoms with E-state index in [9.17, 15) is 9.00 Å². The highest BCUT2D eigenvalue weighted by Crippen LogP contribution is 2.49. The Morgan fingerprint density at radius 1 is 1.23 bits per heavy atom. The molecule has 5 heteroatoms. The van der Waals surface area contributed by atoms with Crippen LogP contribution >= 0.6 is 0 Å². The van der Waals surface area contributed by atoms with Crippen molar-refractivity contribution in [2.75, 3.05) is 31.1 Å². The molecule has 1 aliphatic heterocycles. The van der Waals surface area contributed by atoms with E-state index in [4.69, 9.17) is 0 Å². The van der Waals surface area contributed by atoms with Gasteiger partial charge in [0.1, 0.15) is 0 Å². The molecule has 3 aliphatic rings. The van der Waals surface area contributed by atoms with Gasteiger partial charge in [0, 0.05) is 53.9 Å². The van der Waals surface area contributed by atoms with E-state index in [1.807, 2.05) is 0 Å². The van der Waals surface area contributed by atoms with Crippen LogP contribution in [-0.4, -0.2) is 51.7 Å². The predicted octanol–water partition coefficient (Wildman–Crippen LogP) is 1.77. The molecular formula is C17H30N2O2S. The summed E-state index contributed by atoms with van der Waals surface area (Å²) in [6.07, 6.45) is 6.11. The van der Waals surface area contributed by atoms with Crippen molar-refractivity contribution in [2.24, 2.45) is 17.8 Å². The molecule has 1 heterocycles. The first kappa shape index (κ1) is 16.4. The SMILES string of the molecule is CC(C)(CNC(=O)C[C@H]1C[C@H]2CC[C@H]1C2)N1CCS(=O)CC1. The average molecular weight is 327 g/mol. The number of rotatable bonds is 5. The number of carbonyl (C=O) groups excluding carboxylic acids is 1. The van der Waals surface area contributed by atoms with Crippen molar-refractivity contribution in [2.45, 2.75) is 51.5 Å². The zero-order valence-corrected chi connectivity index (χ0v) is 14.8. The molecule has 2 bridgehead atoms. The maximum absolute atomic E-state index is 12.3. The zero-order chi connectivity index (χ0) is 15.7. The smallest absolute Gasteiger partial charge is 0.220 e. The fraction of sp³-hybridized carbons (Fsp3) is 0.941. The van der Waals surface area contributed by atoms with Crippen LogP contribution in [0.4, 0.5) is 0 Å². The van der Waals surface area contributed by atoms with Crippen LogP contribution in [0.5, 0.6) is 0 Å². The molecule has 3 fully saturated rings. The van der Waals surface area contributed by atoms with Crippen molar-refractivity contribution in [3.63, 3.8) is 0 Å². The Hall–Kier alpha value is -0.420. The molecule has 0 radical (unpaired) electrons. The van der Waals surface area contributed by atoms with Gasteiger partial charge in [0.25, 0.3) is 0 Å². The second-order valence-electron chi connectivity index (χ2n) is 8.06. The second kappa shape index (κ2) is 6.60. The lowest BCUT2D eigenvalue weighted by Gasteiger charge is -2.40. The van der Waals surface area contributed by atoms with Crippen LogP contribution in [0.25, 0.3) is 0 Å². The normalized spacial score (nSPS) is 33.3. The van der Waals surface area contributed by atoms with Crippen molar-refractivity contribution in [1.29, 1.82) is 0 Å². The Balaban J connectivity index is 1.43. The van der Waals surface area contributed by atoms with Gasteiger partial charge in [0.2, 0.25) is 5.91 Å². The number of hydrogen-bond acceptors (Lipinski definition) is 3.